The lowest BCUT2D eigenvalue weighted by atomic mass is 10.1. The van der Waals surface area contributed by atoms with Gasteiger partial charge in [-0.15, -0.1) is 0 Å². The summed E-state index contributed by atoms with van der Waals surface area (Å²) in [6, 6.07) is 0.819. The summed E-state index contributed by atoms with van der Waals surface area (Å²) in [5.41, 5.74) is 0. The number of nitrogens with one attached hydrogen (secondary N) is 1. The Morgan fingerprint density at radius 1 is 1.28 bits per heavy atom. The maximum atomic E-state index is 4.40. The Labute approximate surface area is 110 Å². The topological polar surface area (TPSA) is 33.1 Å². The molecule has 1 saturated heterocycles. The molecule has 0 amide bonds. The monoisotopic (exact) mass is 250 g/mol. The first-order valence-electron chi connectivity index (χ1n) is 7.12. The van der Waals surface area contributed by atoms with E-state index in [0.717, 1.165) is 12.4 Å². The van der Waals surface area contributed by atoms with Gasteiger partial charge in [-0.25, -0.2) is 4.98 Å². The molecule has 4 nitrogen and oxygen atoms in total. The van der Waals surface area contributed by atoms with Gasteiger partial charge in [-0.3, -0.25) is 0 Å². The minimum atomic E-state index is 0.310. The van der Waals surface area contributed by atoms with Gasteiger partial charge in [-0.1, -0.05) is 6.42 Å². The number of piperidine rings is 1. The van der Waals surface area contributed by atoms with E-state index in [4.69, 9.17) is 0 Å². The van der Waals surface area contributed by atoms with Crippen LogP contribution in [0.4, 0.5) is 0 Å². The summed E-state index contributed by atoms with van der Waals surface area (Å²) in [7, 11) is 2.05. The van der Waals surface area contributed by atoms with Gasteiger partial charge >= 0.3 is 0 Å². The molecule has 0 radical (unpaired) electrons. The van der Waals surface area contributed by atoms with Gasteiger partial charge < -0.3 is 14.8 Å². The van der Waals surface area contributed by atoms with Crippen molar-refractivity contribution in [1.82, 2.24) is 19.8 Å². The summed E-state index contributed by atoms with van der Waals surface area (Å²) >= 11 is 0. The SMILES string of the molecule is CC(CN1CCCCC1)NC(C)c1nccn1C. The Hall–Kier alpha value is -0.870. The van der Waals surface area contributed by atoms with Crippen molar-refractivity contribution in [3.8, 4) is 0 Å². The van der Waals surface area contributed by atoms with Gasteiger partial charge in [0.15, 0.2) is 0 Å². The number of rotatable bonds is 5. The molecule has 18 heavy (non-hydrogen) atoms. The van der Waals surface area contributed by atoms with E-state index >= 15 is 0 Å². The Morgan fingerprint density at radius 3 is 2.61 bits per heavy atom. The molecule has 1 aliphatic rings. The maximum absolute atomic E-state index is 4.40. The molecule has 0 aromatic carbocycles. The lowest BCUT2D eigenvalue weighted by Crippen LogP contribution is -2.42. The molecule has 1 aromatic rings. The fourth-order valence-corrected chi connectivity index (χ4v) is 2.88. The van der Waals surface area contributed by atoms with Crippen LogP contribution in [-0.4, -0.2) is 40.1 Å². The predicted octanol–water partition coefficient (Wildman–Crippen LogP) is 1.95. The van der Waals surface area contributed by atoms with Crippen molar-refractivity contribution in [2.45, 2.75) is 45.2 Å². The minimum Gasteiger partial charge on any atom is -0.337 e. The van der Waals surface area contributed by atoms with Crippen molar-refractivity contribution in [2.75, 3.05) is 19.6 Å². The standard InChI is InChI=1S/C14H26N4/c1-12(11-18-8-5-4-6-9-18)16-13(2)14-15-7-10-17(14)3/h7,10,12-13,16H,4-6,8-9,11H2,1-3H3. The molecule has 1 fully saturated rings. The predicted molar refractivity (Wildman–Crippen MR) is 74.5 cm³/mol. The number of aryl methyl sites for hydroxylation is 1. The number of hydrogen-bond donors (Lipinski definition) is 1. The Bertz CT molecular complexity index is 354. The van der Waals surface area contributed by atoms with E-state index in [1.165, 1.54) is 32.4 Å². The van der Waals surface area contributed by atoms with Crippen molar-refractivity contribution < 1.29 is 0 Å². The first-order chi connectivity index (χ1) is 8.66. The minimum absolute atomic E-state index is 0.310. The molecule has 102 valence electrons. The van der Waals surface area contributed by atoms with E-state index in [1.54, 1.807) is 0 Å². The van der Waals surface area contributed by atoms with Gasteiger partial charge in [-0.05, 0) is 39.8 Å². The molecular formula is C14H26N4. The molecule has 4 heteroatoms. The van der Waals surface area contributed by atoms with Gasteiger partial charge in [0.2, 0.25) is 0 Å². The lowest BCUT2D eigenvalue weighted by Gasteiger charge is -2.30. The zero-order valence-electron chi connectivity index (χ0n) is 11.9. The number of aromatic nitrogens is 2. The molecule has 2 unspecified atom stereocenters. The van der Waals surface area contributed by atoms with E-state index in [9.17, 15) is 0 Å². The average Bonchev–Trinajstić information content (AvgIpc) is 2.76. The lowest BCUT2D eigenvalue weighted by molar-refractivity contribution is 0.204. The zero-order chi connectivity index (χ0) is 13.0. The molecule has 0 saturated carbocycles. The molecule has 0 spiro atoms. The van der Waals surface area contributed by atoms with E-state index in [2.05, 4.69) is 40.7 Å². The van der Waals surface area contributed by atoms with Gasteiger partial charge in [-0.2, -0.15) is 0 Å². The summed E-state index contributed by atoms with van der Waals surface area (Å²) in [5, 5.41) is 3.65. The highest BCUT2D eigenvalue weighted by Crippen LogP contribution is 2.12. The fourth-order valence-electron chi connectivity index (χ4n) is 2.88. The van der Waals surface area contributed by atoms with Gasteiger partial charge in [0.25, 0.3) is 0 Å². The molecule has 2 heterocycles. The van der Waals surface area contributed by atoms with Gasteiger partial charge in [0.1, 0.15) is 5.82 Å². The van der Waals surface area contributed by atoms with Crippen molar-refractivity contribution in [3.63, 3.8) is 0 Å². The van der Waals surface area contributed by atoms with Crippen LogP contribution in [0, 0.1) is 0 Å². The van der Waals surface area contributed by atoms with E-state index in [-0.39, 0.29) is 0 Å². The van der Waals surface area contributed by atoms with Crippen molar-refractivity contribution in [2.24, 2.45) is 7.05 Å². The van der Waals surface area contributed by atoms with E-state index in [0.29, 0.717) is 12.1 Å². The van der Waals surface area contributed by atoms with Crippen molar-refractivity contribution >= 4 is 0 Å². The third-order valence-electron chi connectivity index (χ3n) is 3.76. The normalized spacial score (nSPS) is 20.8. The Balaban J connectivity index is 1.79. The Morgan fingerprint density at radius 2 is 2.00 bits per heavy atom. The van der Waals surface area contributed by atoms with Crippen molar-refractivity contribution in [1.29, 1.82) is 0 Å². The quantitative estimate of drug-likeness (QED) is 0.867. The molecular weight excluding hydrogens is 224 g/mol. The summed E-state index contributed by atoms with van der Waals surface area (Å²) in [6.07, 6.45) is 8.00. The largest absolute Gasteiger partial charge is 0.337 e. The molecule has 0 aliphatic carbocycles. The molecule has 2 rings (SSSR count). The highest BCUT2D eigenvalue weighted by molar-refractivity contribution is 4.97. The first-order valence-corrected chi connectivity index (χ1v) is 7.12. The average molecular weight is 250 g/mol. The molecule has 1 aliphatic heterocycles. The number of imidazole rings is 1. The second-order valence-corrected chi connectivity index (χ2v) is 5.55. The van der Waals surface area contributed by atoms with Gasteiger partial charge in [0.05, 0.1) is 6.04 Å². The smallest absolute Gasteiger partial charge is 0.125 e. The van der Waals surface area contributed by atoms with Crippen LogP contribution in [0.2, 0.25) is 0 Å². The van der Waals surface area contributed by atoms with Crippen molar-refractivity contribution in [3.05, 3.63) is 18.2 Å². The molecule has 2 atom stereocenters. The maximum Gasteiger partial charge on any atom is 0.125 e. The number of nitrogens with zero attached hydrogens (tertiary/aromatic N) is 3. The second kappa shape index (κ2) is 6.34. The highest BCUT2D eigenvalue weighted by Gasteiger charge is 2.16. The zero-order valence-corrected chi connectivity index (χ0v) is 11.9. The second-order valence-electron chi connectivity index (χ2n) is 5.55. The third-order valence-corrected chi connectivity index (χ3v) is 3.76. The summed E-state index contributed by atoms with van der Waals surface area (Å²) < 4.78 is 2.09. The van der Waals surface area contributed by atoms with Crippen LogP contribution < -0.4 is 5.32 Å². The summed E-state index contributed by atoms with van der Waals surface area (Å²) in [6.45, 7) is 8.14. The van der Waals surface area contributed by atoms with E-state index in [1.807, 2.05) is 12.4 Å². The van der Waals surface area contributed by atoms with Crippen LogP contribution in [0.3, 0.4) is 0 Å². The summed E-state index contributed by atoms with van der Waals surface area (Å²) in [4.78, 5) is 6.98. The highest BCUT2D eigenvalue weighted by atomic mass is 15.2. The van der Waals surface area contributed by atoms with E-state index < -0.39 is 0 Å². The van der Waals surface area contributed by atoms with Gasteiger partial charge in [0, 0.05) is 32.0 Å². The van der Waals surface area contributed by atoms with Crippen LogP contribution in [0.5, 0.6) is 0 Å². The van der Waals surface area contributed by atoms with Crippen LogP contribution in [-0.2, 0) is 7.05 Å². The van der Waals surface area contributed by atoms with Crippen LogP contribution >= 0.6 is 0 Å². The van der Waals surface area contributed by atoms with Crippen LogP contribution in [0.1, 0.15) is 45.0 Å². The Kier molecular flexibility index (Phi) is 4.78. The van der Waals surface area contributed by atoms with Crippen LogP contribution in [0.15, 0.2) is 12.4 Å². The third kappa shape index (κ3) is 3.56. The first kappa shape index (κ1) is 13.6. The number of hydrogen-bond acceptors (Lipinski definition) is 3. The molecule has 1 aromatic heterocycles. The van der Waals surface area contributed by atoms with Crippen LogP contribution in [0.25, 0.3) is 0 Å². The molecule has 1 N–H and O–H groups in total. The molecule has 0 bridgehead atoms. The summed E-state index contributed by atoms with van der Waals surface area (Å²) in [5.74, 6) is 1.11. The fraction of sp³-hybridized carbons (Fsp3) is 0.786. The number of likely N-dealkylation sites (tertiary alicyclic amines) is 1.